The molecule has 2 aromatic rings. The molecular formula is C17H20N4O2. The third kappa shape index (κ3) is 4.42. The van der Waals surface area contributed by atoms with Crippen LogP contribution >= 0.6 is 0 Å². The van der Waals surface area contributed by atoms with E-state index in [4.69, 9.17) is 4.74 Å². The molecule has 2 N–H and O–H groups in total. The van der Waals surface area contributed by atoms with Gasteiger partial charge in [0.2, 0.25) is 0 Å². The molecule has 0 atom stereocenters. The molecule has 23 heavy (non-hydrogen) atoms. The molecule has 6 heteroatoms. The Bertz CT molecular complexity index is 681. The van der Waals surface area contributed by atoms with Crippen molar-refractivity contribution in [3.63, 3.8) is 0 Å². The number of rotatable bonds is 6. The highest BCUT2D eigenvalue weighted by Gasteiger charge is 2.24. The predicted octanol–water partition coefficient (Wildman–Crippen LogP) is 2.90. The maximum Gasteiger partial charge on any atom is 0.270 e. The first-order valence-electron chi connectivity index (χ1n) is 7.77. The van der Waals surface area contributed by atoms with Crippen LogP contribution in [0.1, 0.15) is 37.2 Å². The van der Waals surface area contributed by atoms with E-state index in [1.807, 2.05) is 38.1 Å². The Kier molecular flexibility index (Phi) is 4.41. The van der Waals surface area contributed by atoms with Crippen LogP contribution in [0.5, 0.6) is 5.75 Å². The molecule has 120 valence electrons. The average molecular weight is 312 g/mol. The lowest BCUT2D eigenvalue weighted by Crippen LogP contribution is -2.26. The molecule has 0 unspecified atom stereocenters. The Labute approximate surface area is 135 Å². The largest absolute Gasteiger partial charge is 0.491 e. The molecule has 1 saturated carbocycles. The number of ether oxygens (including phenoxy) is 1. The quantitative estimate of drug-likeness (QED) is 0.857. The van der Waals surface area contributed by atoms with Crippen LogP contribution in [-0.2, 0) is 0 Å². The second-order valence-corrected chi connectivity index (χ2v) is 5.85. The van der Waals surface area contributed by atoms with E-state index in [9.17, 15) is 4.79 Å². The Morgan fingerprint density at radius 2 is 1.96 bits per heavy atom. The molecule has 1 aliphatic carbocycles. The summed E-state index contributed by atoms with van der Waals surface area (Å²) in [4.78, 5) is 20.2. The standard InChI is InChI=1S/C17H20N4O2/c1-11(2)23-14-7-5-12(6-8-14)20-16-9-15(18-10-19-16)17(22)21-13-3-4-13/h5-11,13H,3-4H2,1-2H3,(H,21,22)(H,18,19,20). The molecule has 1 heterocycles. The van der Waals surface area contributed by atoms with Gasteiger partial charge in [-0.15, -0.1) is 0 Å². The molecule has 1 fully saturated rings. The average Bonchev–Trinajstić information content (AvgIpc) is 3.33. The van der Waals surface area contributed by atoms with E-state index in [0.717, 1.165) is 24.3 Å². The summed E-state index contributed by atoms with van der Waals surface area (Å²) in [5.41, 5.74) is 1.24. The van der Waals surface area contributed by atoms with E-state index in [2.05, 4.69) is 20.6 Å². The fourth-order valence-corrected chi connectivity index (χ4v) is 2.07. The van der Waals surface area contributed by atoms with Crippen LogP contribution in [0, 0.1) is 0 Å². The van der Waals surface area contributed by atoms with E-state index in [-0.39, 0.29) is 12.0 Å². The minimum absolute atomic E-state index is 0.142. The van der Waals surface area contributed by atoms with Crippen LogP contribution in [0.15, 0.2) is 36.7 Å². The number of nitrogens with zero attached hydrogens (tertiary/aromatic N) is 2. The molecule has 1 aromatic carbocycles. The second-order valence-electron chi connectivity index (χ2n) is 5.85. The van der Waals surface area contributed by atoms with Gasteiger partial charge in [0.15, 0.2) is 0 Å². The van der Waals surface area contributed by atoms with Crippen LogP contribution in [0.2, 0.25) is 0 Å². The van der Waals surface area contributed by atoms with Gasteiger partial charge < -0.3 is 15.4 Å². The van der Waals surface area contributed by atoms with Crippen molar-refractivity contribution in [3.8, 4) is 5.75 Å². The highest BCUT2D eigenvalue weighted by atomic mass is 16.5. The fraction of sp³-hybridized carbons (Fsp3) is 0.353. The molecule has 0 radical (unpaired) electrons. The molecular weight excluding hydrogens is 292 g/mol. The Morgan fingerprint density at radius 3 is 2.61 bits per heavy atom. The lowest BCUT2D eigenvalue weighted by Gasteiger charge is -2.11. The van der Waals surface area contributed by atoms with Gasteiger partial charge in [0.1, 0.15) is 23.6 Å². The van der Waals surface area contributed by atoms with Crippen molar-refractivity contribution in [2.24, 2.45) is 0 Å². The summed E-state index contributed by atoms with van der Waals surface area (Å²) in [7, 11) is 0. The first-order chi connectivity index (χ1) is 11.1. The van der Waals surface area contributed by atoms with Crippen molar-refractivity contribution in [2.45, 2.75) is 38.8 Å². The number of anilines is 2. The summed E-state index contributed by atoms with van der Waals surface area (Å²) in [5.74, 6) is 1.25. The maximum absolute atomic E-state index is 12.0. The van der Waals surface area contributed by atoms with E-state index in [1.54, 1.807) is 6.07 Å². The highest BCUT2D eigenvalue weighted by molar-refractivity contribution is 5.93. The first kappa shape index (κ1) is 15.3. The molecule has 3 rings (SSSR count). The van der Waals surface area contributed by atoms with Crippen LogP contribution < -0.4 is 15.4 Å². The SMILES string of the molecule is CC(C)Oc1ccc(Nc2cc(C(=O)NC3CC3)ncn2)cc1. The van der Waals surface area contributed by atoms with Crippen LogP contribution in [0.25, 0.3) is 0 Å². The lowest BCUT2D eigenvalue weighted by atomic mass is 10.3. The Balaban J connectivity index is 1.66. The monoisotopic (exact) mass is 312 g/mol. The van der Waals surface area contributed by atoms with Gasteiger partial charge in [0.05, 0.1) is 6.10 Å². The van der Waals surface area contributed by atoms with Crippen LogP contribution in [-0.4, -0.2) is 28.0 Å². The minimum Gasteiger partial charge on any atom is -0.491 e. The van der Waals surface area contributed by atoms with E-state index in [1.165, 1.54) is 6.33 Å². The van der Waals surface area contributed by atoms with Crippen molar-refractivity contribution in [1.29, 1.82) is 0 Å². The number of carbonyl (C=O) groups is 1. The van der Waals surface area contributed by atoms with Gasteiger partial charge >= 0.3 is 0 Å². The van der Waals surface area contributed by atoms with Crippen molar-refractivity contribution < 1.29 is 9.53 Å². The molecule has 0 saturated heterocycles. The van der Waals surface area contributed by atoms with E-state index >= 15 is 0 Å². The number of carbonyl (C=O) groups excluding carboxylic acids is 1. The molecule has 6 nitrogen and oxygen atoms in total. The first-order valence-corrected chi connectivity index (χ1v) is 7.77. The zero-order chi connectivity index (χ0) is 16.2. The van der Waals surface area contributed by atoms with Crippen molar-refractivity contribution in [1.82, 2.24) is 15.3 Å². The van der Waals surface area contributed by atoms with Gasteiger partial charge in [-0.05, 0) is 51.0 Å². The lowest BCUT2D eigenvalue weighted by molar-refractivity contribution is 0.0946. The third-order valence-electron chi connectivity index (χ3n) is 3.31. The smallest absolute Gasteiger partial charge is 0.270 e. The Hall–Kier alpha value is -2.63. The normalized spacial score (nSPS) is 13.7. The van der Waals surface area contributed by atoms with Crippen LogP contribution in [0.4, 0.5) is 11.5 Å². The number of hydrogen-bond donors (Lipinski definition) is 2. The van der Waals surface area contributed by atoms with Crippen molar-refractivity contribution in [3.05, 3.63) is 42.4 Å². The van der Waals surface area contributed by atoms with Crippen LogP contribution in [0.3, 0.4) is 0 Å². The van der Waals surface area contributed by atoms with E-state index in [0.29, 0.717) is 17.6 Å². The van der Waals surface area contributed by atoms with Gasteiger partial charge in [0, 0.05) is 17.8 Å². The second kappa shape index (κ2) is 6.64. The fourth-order valence-electron chi connectivity index (χ4n) is 2.07. The molecule has 1 amide bonds. The van der Waals surface area contributed by atoms with E-state index < -0.39 is 0 Å². The summed E-state index contributed by atoms with van der Waals surface area (Å²) in [6, 6.07) is 9.56. The van der Waals surface area contributed by atoms with Gasteiger partial charge in [-0.3, -0.25) is 4.79 Å². The molecule has 1 aromatic heterocycles. The number of aromatic nitrogens is 2. The number of hydrogen-bond acceptors (Lipinski definition) is 5. The van der Waals surface area contributed by atoms with Crippen molar-refractivity contribution in [2.75, 3.05) is 5.32 Å². The van der Waals surface area contributed by atoms with Gasteiger partial charge in [-0.2, -0.15) is 0 Å². The zero-order valence-corrected chi connectivity index (χ0v) is 13.2. The summed E-state index contributed by atoms with van der Waals surface area (Å²) in [6.07, 6.45) is 3.63. The number of benzene rings is 1. The number of amides is 1. The third-order valence-corrected chi connectivity index (χ3v) is 3.31. The van der Waals surface area contributed by atoms with Gasteiger partial charge in [-0.1, -0.05) is 0 Å². The Morgan fingerprint density at radius 1 is 1.22 bits per heavy atom. The minimum atomic E-state index is -0.154. The maximum atomic E-state index is 12.0. The summed E-state index contributed by atoms with van der Waals surface area (Å²) in [6.45, 7) is 3.97. The van der Waals surface area contributed by atoms with Crippen molar-refractivity contribution >= 4 is 17.4 Å². The van der Waals surface area contributed by atoms with Gasteiger partial charge in [0.25, 0.3) is 5.91 Å². The summed E-state index contributed by atoms with van der Waals surface area (Å²) < 4.78 is 5.61. The zero-order valence-electron chi connectivity index (χ0n) is 13.2. The molecule has 0 spiro atoms. The number of nitrogens with one attached hydrogen (secondary N) is 2. The highest BCUT2D eigenvalue weighted by Crippen LogP contribution is 2.21. The predicted molar refractivity (Wildman–Crippen MR) is 88.0 cm³/mol. The van der Waals surface area contributed by atoms with Gasteiger partial charge in [-0.25, -0.2) is 9.97 Å². The molecule has 1 aliphatic rings. The summed E-state index contributed by atoms with van der Waals surface area (Å²) >= 11 is 0. The molecule has 0 aliphatic heterocycles. The summed E-state index contributed by atoms with van der Waals surface area (Å²) in [5, 5.41) is 6.08. The molecule has 0 bridgehead atoms. The topological polar surface area (TPSA) is 76.1 Å².